The number of hydrogen-bond acceptors (Lipinski definition) is 3. The van der Waals surface area contributed by atoms with E-state index in [-0.39, 0.29) is 12.1 Å². The summed E-state index contributed by atoms with van der Waals surface area (Å²) in [5.74, 6) is -0.100. The highest BCUT2D eigenvalue weighted by atomic mass is 16.5. The number of carbonyl (C=O) groups is 1. The third kappa shape index (κ3) is 5.92. The topological polar surface area (TPSA) is 51.5 Å². The van der Waals surface area contributed by atoms with E-state index in [1.165, 1.54) is 0 Å². The number of ether oxygens (including phenoxy) is 1. The molecule has 19 heavy (non-hydrogen) atoms. The number of carbonyl (C=O) groups excluding carboxylic acids is 1. The Labute approximate surface area is 115 Å². The predicted molar refractivity (Wildman–Crippen MR) is 74.8 cm³/mol. The van der Waals surface area contributed by atoms with Crippen molar-refractivity contribution >= 4 is 5.97 Å². The lowest BCUT2D eigenvalue weighted by molar-refractivity contribution is -0.143. The van der Waals surface area contributed by atoms with E-state index in [0.717, 1.165) is 37.8 Å². The minimum atomic E-state index is -0.356. The molecule has 4 nitrogen and oxygen atoms in total. The highest BCUT2D eigenvalue weighted by Gasteiger charge is 2.06. The Kier molecular flexibility index (Phi) is 7.26. The van der Waals surface area contributed by atoms with Gasteiger partial charge in [-0.25, -0.2) is 0 Å². The molecule has 0 fully saturated rings. The number of hydrogen-bond donors (Lipinski definition) is 1. The molecule has 1 aromatic rings. The van der Waals surface area contributed by atoms with Crippen LogP contribution in [0.2, 0.25) is 0 Å². The molecule has 1 rings (SSSR count). The number of aliphatic hydroxyl groups excluding tert-OH is 1. The van der Waals surface area contributed by atoms with E-state index in [2.05, 4.69) is 4.57 Å². The highest BCUT2D eigenvalue weighted by Crippen LogP contribution is 2.16. The summed E-state index contributed by atoms with van der Waals surface area (Å²) < 4.78 is 6.97. The van der Waals surface area contributed by atoms with Gasteiger partial charge in [-0.15, -0.1) is 0 Å². The third-order valence-electron chi connectivity index (χ3n) is 3.15. The van der Waals surface area contributed by atoms with Crippen molar-refractivity contribution in [1.29, 1.82) is 0 Å². The van der Waals surface area contributed by atoms with Gasteiger partial charge in [-0.1, -0.05) is 13.3 Å². The number of unbranched alkanes of at least 4 members (excludes halogenated alkanes) is 2. The first kappa shape index (κ1) is 15.8. The fraction of sp³-hybridized carbons (Fsp3) is 0.667. The fourth-order valence-corrected chi connectivity index (χ4v) is 2.00. The minimum Gasteiger partial charge on any atom is -0.466 e. The van der Waals surface area contributed by atoms with Crippen LogP contribution in [0.1, 0.15) is 57.6 Å². The van der Waals surface area contributed by atoms with Crippen LogP contribution in [-0.4, -0.2) is 22.2 Å². The Morgan fingerprint density at radius 1 is 1.37 bits per heavy atom. The second-order valence-corrected chi connectivity index (χ2v) is 4.72. The Bertz CT molecular complexity index is 373. The Balaban J connectivity index is 2.16. The van der Waals surface area contributed by atoms with Crippen molar-refractivity contribution in [2.24, 2.45) is 0 Å². The normalized spacial score (nSPS) is 12.4. The van der Waals surface area contributed by atoms with E-state index >= 15 is 0 Å². The molecule has 1 aromatic heterocycles. The van der Waals surface area contributed by atoms with Gasteiger partial charge in [0.1, 0.15) is 0 Å². The van der Waals surface area contributed by atoms with Crippen molar-refractivity contribution in [2.75, 3.05) is 6.61 Å². The summed E-state index contributed by atoms with van der Waals surface area (Å²) in [6, 6.07) is 1.97. The smallest absolute Gasteiger partial charge is 0.305 e. The molecular formula is C15H25NO3. The first-order chi connectivity index (χ1) is 9.17. The third-order valence-corrected chi connectivity index (χ3v) is 3.15. The maximum absolute atomic E-state index is 11.1. The molecule has 4 heteroatoms. The Morgan fingerprint density at radius 3 is 2.84 bits per heavy atom. The SMILES string of the molecule is CCOC(=O)CCCCCn1ccc(C(O)CC)c1. The van der Waals surface area contributed by atoms with E-state index < -0.39 is 0 Å². The summed E-state index contributed by atoms with van der Waals surface area (Å²) in [6.07, 6.45) is 7.83. The van der Waals surface area contributed by atoms with Crippen LogP contribution < -0.4 is 0 Å². The first-order valence-corrected chi connectivity index (χ1v) is 7.16. The Morgan fingerprint density at radius 2 is 2.16 bits per heavy atom. The van der Waals surface area contributed by atoms with Gasteiger partial charge in [0, 0.05) is 25.4 Å². The van der Waals surface area contributed by atoms with Crippen molar-refractivity contribution in [3.8, 4) is 0 Å². The van der Waals surface area contributed by atoms with Crippen molar-refractivity contribution in [3.63, 3.8) is 0 Å². The average molecular weight is 267 g/mol. The molecule has 0 aliphatic carbocycles. The lowest BCUT2D eigenvalue weighted by atomic mass is 10.1. The summed E-state index contributed by atoms with van der Waals surface area (Å²) in [7, 11) is 0. The largest absolute Gasteiger partial charge is 0.466 e. The molecule has 0 saturated heterocycles. The van der Waals surface area contributed by atoms with Gasteiger partial charge in [0.15, 0.2) is 0 Å². The molecule has 0 saturated carbocycles. The number of aryl methyl sites for hydroxylation is 1. The number of nitrogens with zero attached hydrogens (tertiary/aromatic N) is 1. The molecule has 0 aliphatic rings. The van der Waals surface area contributed by atoms with Gasteiger partial charge < -0.3 is 14.4 Å². The van der Waals surface area contributed by atoms with E-state index in [1.807, 2.05) is 32.3 Å². The summed E-state index contributed by atoms with van der Waals surface area (Å²) >= 11 is 0. The minimum absolute atomic E-state index is 0.100. The van der Waals surface area contributed by atoms with Crippen molar-refractivity contribution in [1.82, 2.24) is 4.57 Å². The van der Waals surface area contributed by atoms with E-state index in [0.29, 0.717) is 13.0 Å². The lowest BCUT2D eigenvalue weighted by Gasteiger charge is -2.05. The van der Waals surface area contributed by atoms with Gasteiger partial charge >= 0.3 is 5.97 Å². The first-order valence-electron chi connectivity index (χ1n) is 7.16. The van der Waals surface area contributed by atoms with Crippen LogP contribution in [0.5, 0.6) is 0 Å². The zero-order chi connectivity index (χ0) is 14.1. The van der Waals surface area contributed by atoms with E-state index in [4.69, 9.17) is 4.74 Å². The van der Waals surface area contributed by atoms with Gasteiger partial charge in [0.2, 0.25) is 0 Å². The van der Waals surface area contributed by atoms with Crippen LogP contribution in [0.4, 0.5) is 0 Å². The highest BCUT2D eigenvalue weighted by molar-refractivity contribution is 5.69. The molecule has 0 aliphatic heterocycles. The molecular weight excluding hydrogens is 242 g/mol. The van der Waals surface area contributed by atoms with Crippen molar-refractivity contribution in [2.45, 2.75) is 58.6 Å². The zero-order valence-corrected chi connectivity index (χ0v) is 12.0. The van der Waals surface area contributed by atoms with Crippen LogP contribution in [0.15, 0.2) is 18.5 Å². The van der Waals surface area contributed by atoms with Crippen molar-refractivity contribution in [3.05, 3.63) is 24.0 Å². The number of aromatic nitrogens is 1. The predicted octanol–water partition coefficient (Wildman–Crippen LogP) is 3.06. The van der Waals surface area contributed by atoms with Gasteiger partial charge in [-0.05, 0) is 37.8 Å². The van der Waals surface area contributed by atoms with Gasteiger partial charge in [0.25, 0.3) is 0 Å². The number of rotatable bonds is 9. The fourth-order valence-electron chi connectivity index (χ4n) is 2.00. The van der Waals surface area contributed by atoms with Crippen LogP contribution >= 0.6 is 0 Å². The summed E-state index contributed by atoms with van der Waals surface area (Å²) in [4.78, 5) is 11.1. The van der Waals surface area contributed by atoms with Gasteiger partial charge in [-0.2, -0.15) is 0 Å². The molecule has 1 atom stereocenters. The monoisotopic (exact) mass is 267 g/mol. The molecule has 0 radical (unpaired) electrons. The molecule has 1 unspecified atom stereocenters. The molecule has 0 spiro atoms. The molecule has 1 N–H and O–H groups in total. The molecule has 0 bridgehead atoms. The summed E-state index contributed by atoms with van der Waals surface area (Å²) in [5, 5.41) is 9.70. The van der Waals surface area contributed by atoms with E-state index in [9.17, 15) is 9.90 Å². The molecule has 0 aromatic carbocycles. The molecule has 0 amide bonds. The van der Waals surface area contributed by atoms with Crippen LogP contribution in [0, 0.1) is 0 Å². The number of esters is 1. The second-order valence-electron chi connectivity index (χ2n) is 4.72. The van der Waals surface area contributed by atoms with Crippen LogP contribution in [0.25, 0.3) is 0 Å². The maximum atomic E-state index is 11.1. The molecule has 108 valence electrons. The van der Waals surface area contributed by atoms with Crippen LogP contribution in [0.3, 0.4) is 0 Å². The second kappa shape index (κ2) is 8.75. The van der Waals surface area contributed by atoms with Crippen LogP contribution in [-0.2, 0) is 16.1 Å². The quantitative estimate of drug-likeness (QED) is 0.552. The van der Waals surface area contributed by atoms with Gasteiger partial charge in [0.05, 0.1) is 12.7 Å². The summed E-state index contributed by atoms with van der Waals surface area (Å²) in [5.41, 5.74) is 0.981. The lowest BCUT2D eigenvalue weighted by Crippen LogP contribution is -2.03. The number of aliphatic hydroxyl groups is 1. The zero-order valence-electron chi connectivity index (χ0n) is 12.0. The Hall–Kier alpha value is -1.29. The maximum Gasteiger partial charge on any atom is 0.305 e. The summed E-state index contributed by atoms with van der Waals surface area (Å²) in [6.45, 7) is 5.19. The average Bonchev–Trinajstić information content (AvgIpc) is 2.86. The van der Waals surface area contributed by atoms with Gasteiger partial charge in [-0.3, -0.25) is 4.79 Å². The van der Waals surface area contributed by atoms with Crippen molar-refractivity contribution < 1.29 is 14.6 Å². The molecule has 1 heterocycles. The standard InChI is InChI=1S/C15H25NO3/c1-3-14(17)13-9-11-16(12-13)10-7-5-6-8-15(18)19-4-2/h9,11-12,14,17H,3-8,10H2,1-2H3. The van der Waals surface area contributed by atoms with E-state index in [1.54, 1.807) is 0 Å².